The van der Waals surface area contributed by atoms with E-state index in [9.17, 15) is 0 Å². The predicted octanol–water partition coefficient (Wildman–Crippen LogP) is 2.15. The summed E-state index contributed by atoms with van der Waals surface area (Å²) in [5, 5.41) is 8.70. The van der Waals surface area contributed by atoms with E-state index < -0.39 is 0 Å². The van der Waals surface area contributed by atoms with Gasteiger partial charge in [-0.1, -0.05) is 12.1 Å². The first kappa shape index (κ1) is 17.5. The number of nitrogens with zero attached hydrogens (tertiary/aromatic N) is 3. The van der Waals surface area contributed by atoms with E-state index in [2.05, 4.69) is 11.1 Å². The van der Waals surface area contributed by atoms with Crippen molar-refractivity contribution >= 4 is 24.8 Å². The van der Waals surface area contributed by atoms with Gasteiger partial charge < -0.3 is 10.3 Å². The fourth-order valence-electron chi connectivity index (χ4n) is 1.67. The third-order valence-electron chi connectivity index (χ3n) is 2.54. The Kier molecular flexibility index (Phi) is 7.85. The molecule has 0 spiro atoms. The molecule has 2 aromatic rings. The third-order valence-corrected chi connectivity index (χ3v) is 2.54. The van der Waals surface area contributed by atoms with Crippen molar-refractivity contribution in [3.05, 3.63) is 53.6 Å². The lowest BCUT2D eigenvalue weighted by Gasteiger charge is -2.02. The smallest absolute Gasteiger partial charge is 0.0991 e. The van der Waals surface area contributed by atoms with E-state index >= 15 is 0 Å². The molecule has 0 saturated carbocycles. The minimum atomic E-state index is 0. The minimum Gasteiger partial charge on any atom is -0.333 e. The van der Waals surface area contributed by atoms with Crippen LogP contribution in [-0.2, 0) is 13.0 Å². The van der Waals surface area contributed by atoms with Gasteiger partial charge in [0, 0.05) is 19.2 Å². The molecule has 0 aliphatic rings. The van der Waals surface area contributed by atoms with Gasteiger partial charge in [-0.05, 0) is 24.2 Å². The van der Waals surface area contributed by atoms with Crippen molar-refractivity contribution in [3.8, 4) is 6.07 Å². The molecule has 0 fully saturated rings. The Hall–Kier alpha value is -1.54. The molecule has 102 valence electrons. The number of hydrogen-bond acceptors (Lipinski definition) is 3. The van der Waals surface area contributed by atoms with Crippen LogP contribution in [0.1, 0.15) is 16.8 Å². The van der Waals surface area contributed by atoms with Gasteiger partial charge in [-0.15, -0.1) is 24.8 Å². The molecule has 0 radical (unpaired) electrons. The topological polar surface area (TPSA) is 67.6 Å². The summed E-state index contributed by atoms with van der Waals surface area (Å²) in [6.07, 6.45) is 4.62. The summed E-state index contributed by atoms with van der Waals surface area (Å²) in [6.45, 7) is 1.39. The molecule has 2 N–H and O–H groups in total. The average Bonchev–Trinajstić information content (AvgIpc) is 2.78. The van der Waals surface area contributed by atoms with Gasteiger partial charge in [0.25, 0.3) is 0 Å². The van der Waals surface area contributed by atoms with Crippen molar-refractivity contribution in [3.63, 3.8) is 0 Å². The number of nitriles is 1. The van der Waals surface area contributed by atoms with Crippen LogP contribution in [0.5, 0.6) is 0 Å². The van der Waals surface area contributed by atoms with Crippen LogP contribution in [0.25, 0.3) is 0 Å². The van der Waals surface area contributed by atoms with Gasteiger partial charge in [-0.2, -0.15) is 5.26 Å². The van der Waals surface area contributed by atoms with Gasteiger partial charge in [-0.3, -0.25) is 0 Å². The van der Waals surface area contributed by atoms with Crippen LogP contribution in [-0.4, -0.2) is 16.1 Å². The molecule has 19 heavy (non-hydrogen) atoms. The molecule has 0 atom stereocenters. The SMILES string of the molecule is Cl.Cl.N#Cc1ccc(Cn2cnc(CCN)c2)cc1. The largest absolute Gasteiger partial charge is 0.333 e. The van der Waals surface area contributed by atoms with E-state index in [1.165, 1.54) is 0 Å². The van der Waals surface area contributed by atoms with E-state index in [0.717, 1.165) is 24.2 Å². The highest BCUT2D eigenvalue weighted by Crippen LogP contribution is 2.06. The summed E-state index contributed by atoms with van der Waals surface area (Å²) in [6, 6.07) is 9.68. The Morgan fingerprint density at radius 1 is 1.21 bits per heavy atom. The van der Waals surface area contributed by atoms with E-state index in [0.29, 0.717) is 12.1 Å². The first-order valence-electron chi connectivity index (χ1n) is 5.51. The van der Waals surface area contributed by atoms with E-state index in [1.54, 1.807) is 0 Å². The quantitative estimate of drug-likeness (QED) is 0.940. The molecule has 0 amide bonds. The summed E-state index contributed by atoms with van der Waals surface area (Å²) in [5.74, 6) is 0. The summed E-state index contributed by atoms with van der Waals surface area (Å²) < 4.78 is 2.02. The maximum atomic E-state index is 8.70. The van der Waals surface area contributed by atoms with Crippen molar-refractivity contribution < 1.29 is 0 Å². The third kappa shape index (κ3) is 4.92. The molecule has 1 aromatic heterocycles. The molecular formula is C13H16Cl2N4. The predicted molar refractivity (Wildman–Crippen MR) is 79.7 cm³/mol. The van der Waals surface area contributed by atoms with Crippen molar-refractivity contribution in [2.24, 2.45) is 5.73 Å². The monoisotopic (exact) mass is 298 g/mol. The maximum absolute atomic E-state index is 8.70. The van der Waals surface area contributed by atoms with Gasteiger partial charge in [0.05, 0.1) is 23.7 Å². The normalized spacial score (nSPS) is 9.05. The molecule has 0 saturated heterocycles. The molecule has 4 nitrogen and oxygen atoms in total. The second-order valence-electron chi connectivity index (χ2n) is 3.88. The van der Waals surface area contributed by atoms with Crippen LogP contribution < -0.4 is 5.73 Å². The molecule has 2 rings (SSSR count). The number of benzene rings is 1. The van der Waals surface area contributed by atoms with Gasteiger partial charge in [-0.25, -0.2) is 4.98 Å². The average molecular weight is 299 g/mol. The fraction of sp³-hybridized carbons (Fsp3) is 0.231. The Balaban J connectivity index is 0.00000162. The van der Waals surface area contributed by atoms with Crippen molar-refractivity contribution in [1.29, 1.82) is 5.26 Å². The Morgan fingerprint density at radius 3 is 2.47 bits per heavy atom. The van der Waals surface area contributed by atoms with Crippen LogP contribution in [0.3, 0.4) is 0 Å². The first-order valence-corrected chi connectivity index (χ1v) is 5.51. The van der Waals surface area contributed by atoms with E-state index in [-0.39, 0.29) is 24.8 Å². The Morgan fingerprint density at radius 2 is 1.89 bits per heavy atom. The van der Waals surface area contributed by atoms with Crippen LogP contribution in [0.2, 0.25) is 0 Å². The van der Waals surface area contributed by atoms with Crippen LogP contribution in [0.15, 0.2) is 36.8 Å². The summed E-state index contributed by atoms with van der Waals surface area (Å²) in [7, 11) is 0. The molecular weight excluding hydrogens is 283 g/mol. The minimum absolute atomic E-state index is 0. The summed E-state index contributed by atoms with van der Waals surface area (Å²) in [5.41, 5.74) is 8.33. The molecule has 6 heteroatoms. The number of imidazole rings is 1. The van der Waals surface area contributed by atoms with Gasteiger partial charge in [0.2, 0.25) is 0 Å². The van der Waals surface area contributed by atoms with Crippen molar-refractivity contribution in [2.75, 3.05) is 6.54 Å². The van der Waals surface area contributed by atoms with E-state index in [1.807, 2.05) is 41.4 Å². The summed E-state index contributed by atoms with van der Waals surface area (Å²) >= 11 is 0. The van der Waals surface area contributed by atoms with Crippen LogP contribution >= 0.6 is 24.8 Å². The highest BCUT2D eigenvalue weighted by atomic mass is 35.5. The molecule has 0 aliphatic carbocycles. The zero-order chi connectivity index (χ0) is 12.1. The van der Waals surface area contributed by atoms with Gasteiger partial charge >= 0.3 is 0 Å². The molecule has 0 bridgehead atoms. The van der Waals surface area contributed by atoms with Crippen molar-refractivity contribution in [1.82, 2.24) is 9.55 Å². The lowest BCUT2D eigenvalue weighted by atomic mass is 10.1. The van der Waals surface area contributed by atoms with Crippen LogP contribution in [0, 0.1) is 11.3 Å². The second-order valence-corrected chi connectivity index (χ2v) is 3.88. The summed E-state index contributed by atoms with van der Waals surface area (Å²) in [4.78, 5) is 4.27. The lowest BCUT2D eigenvalue weighted by molar-refractivity contribution is 0.795. The zero-order valence-electron chi connectivity index (χ0n) is 10.3. The Bertz CT molecular complexity index is 528. The number of aromatic nitrogens is 2. The zero-order valence-corrected chi connectivity index (χ0v) is 12.0. The van der Waals surface area contributed by atoms with Gasteiger partial charge in [0.15, 0.2) is 0 Å². The van der Waals surface area contributed by atoms with Crippen LogP contribution in [0.4, 0.5) is 0 Å². The number of hydrogen-bond donors (Lipinski definition) is 1. The fourth-order valence-corrected chi connectivity index (χ4v) is 1.67. The van der Waals surface area contributed by atoms with Gasteiger partial charge in [0.1, 0.15) is 0 Å². The highest BCUT2D eigenvalue weighted by molar-refractivity contribution is 5.85. The molecule has 0 aliphatic heterocycles. The maximum Gasteiger partial charge on any atom is 0.0991 e. The molecule has 1 aromatic carbocycles. The first-order chi connectivity index (χ1) is 8.31. The second kappa shape index (κ2) is 8.54. The number of halogens is 2. The number of rotatable bonds is 4. The van der Waals surface area contributed by atoms with Crippen molar-refractivity contribution in [2.45, 2.75) is 13.0 Å². The van der Waals surface area contributed by atoms with E-state index in [4.69, 9.17) is 11.0 Å². The highest BCUT2D eigenvalue weighted by Gasteiger charge is 1.99. The lowest BCUT2D eigenvalue weighted by Crippen LogP contribution is -2.02. The standard InChI is InChI=1S/C13H14N4.2ClH/c14-6-5-13-9-17(10-16-13)8-12-3-1-11(7-15)2-4-12;;/h1-4,9-10H,5-6,8,14H2;2*1H. The Labute approximate surface area is 125 Å². The molecule has 0 unspecified atom stereocenters. The molecule has 1 heterocycles. The number of nitrogens with two attached hydrogens (primary N) is 1.